The Hall–Kier alpha value is -2.21. The van der Waals surface area contributed by atoms with Gasteiger partial charge in [0.15, 0.2) is 0 Å². The van der Waals surface area contributed by atoms with E-state index in [1.165, 1.54) is 22.9 Å². The fourth-order valence-electron chi connectivity index (χ4n) is 2.46. The van der Waals surface area contributed by atoms with Crippen molar-refractivity contribution in [1.82, 2.24) is 9.78 Å². The van der Waals surface area contributed by atoms with Crippen molar-refractivity contribution in [2.24, 2.45) is 7.05 Å². The van der Waals surface area contributed by atoms with Gasteiger partial charge in [-0.25, -0.2) is 4.39 Å². The average molecular weight is 308 g/mol. The predicted octanol–water partition coefficient (Wildman–Crippen LogP) is 2.25. The molecule has 1 aromatic heterocycles. The van der Waals surface area contributed by atoms with Gasteiger partial charge in [-0.15, -0.1) is 0 Å². The molecule has 5 nitrogen and oxygen atoms in total. The van der Waals surface area contributed by atoms with Crippen molar-refractivity contribution in [2.45, 2.75) is 13.5 Å². The van der Waals surface area contributed by atoms with Crippen molar-refractivity contribution in [3.63, 3.8) is 0 Å². The van der Waals surface area contributed by atoms with Gasteiger partial charge >= 0.3 is 0 Å². The standard InChI is InChI=1S/C14H11ClFN3O2/c1-7-11(15)10(18(2)17-7)6-19-12-8(13(20)14(19)21)4-3-5-9(12)16/h3-5H,6H2,1-2H3. The van der Waals surface area contributed by atoms with Crippen LogP contribution in [0.5, 0.6) is 0 Å². The van der Waals surface area contributed by atoms with Crippen LogP contribution in [0.1, 0.15) is 21.7 Å². The highest BCUT2D eigenvalue weighted by Gasteiger charge is 2.38. The summed E-state index contributed by atoms with van der Waals surface area (Å²) in [4.78, 5) is 25.1. The second-order valence-electron chi connectivity index (χ2n) is 4.83. The molecule has 1 aromatic carbocycles. The number of nitrogens with zero attached hydrogens (tertiary/aromatic N) is 3. The van der Waals surface area contributed by atoms with E-state index in [4.69, 9.17) is 11.6 Å². The molecule has 0 fully saturated rings. The maximum Gasteiger partial charge on any atom is 0.299 e. The Bertz CT molecular complexity index is 785. The topological polar surface area (TPSA) is 55.2 Å². The Kier molecular flexibility index (Phi) is 3.06. The fraction of sp³-hybridized carbons (Fsp3) is 0.214. The summed E-state index contributed by atoms with van der Waals surface area (Å²) >= 11 is 6.14. The summed E-state index contributed by atoms with van der Waals surface area (Å²) in [5.41, 5.74) is 1.24. The Morgan fingerprint density at radius 1 is 1.33 bits per heavy atom. The van der Waals surface area contributed by atoms with Crippen LogP contribution in [0.2, 0.25) is 5.02 Å². The molecular formula is C14H11ClFN3O2. The SMILES string of the molecule is Cc1nn(C)c(CN2C(=O)C(=O)c3cccc(F)c32)c1Cl. The number of fused-ring (bicyclic) bond motifs is 1. The molecule has 0 saturated heterocycles. The molecule has 0 N–H and O–H groups in total. The fourth-order valence-corrected chi connectivity index (χ4v) is 2.68. The van der Waals surface area contributed by atoms with Crippen LogP contribution in [0.3, 0.4) is 0 Å². The molecule has 1 amide bonds. The van der Waals surface area contributed by atoms with Crippen LogP contribution in [0.15, 0.2) is 18.2 Å². The molecule has 7 heteroatoms. The van der Waals surface area contributed by atoms with Crippen LogP contribution in [0.25, 0.3) is 0 Å². The molecule has 1 aliphatic rings. The van der Waals surface area contributed by atoms with Gasteiger partial charge in [-0.1, -0.05) is 17.7 Å². The molecule has 1 aliphatic heterocycles. The molecule has 21 heavy (non-hydrogen) atoms. The number of halogens is 2. The zero-order valence-electron chi connectivity index (χ0n) is 11.4. The van der Waals surface area contributed by atoms with Gasteiger partial charge in [0, 0.05) is 7.05 Å². The summed E-state index contributed by atoms with van der Waals surface area (Å²) in [6.07, 6.45) is 0. The van der Waals surface area contributed by atoms with Crippen LogP contribution in [-0.4, -0.2) is 21.5 Å². The third-order valence-electron chi connectivity index (χ3n) is 3.51. The first-order valence-electron chi connectivity index (χ1n) is 6.24. The Morgan fingerprint density at radius 2 is 2.05 bits per heavy atom. The third-order valence-corrected chi connectivity index (χ3v) is 4.00. The van der Waals surface area contributed by atoms with Crippen LogP contribution in [0.4, 0.5) is 10.1 Å². The van der Waals surface area contributed by atoms with Crippen LogP contribution in [0, 0.1) is 12.7 Å². The minimum Gasteiger partial charge on any atom is -0.296 e. The lowest BCUT2D eigenvalue weighted by Crippen LogP contribution is -2.30. The number of carbonyl (C=O) groups is 2. The summed E-state index contributed by atoms with van der Waals surface area (Å²) < 4.78 is 15.5. The van der Waals surface area contributed by atoms with E-state index in [1.54, 1.807) is 14.0 Å². The first-order valence-corrected chi connectivity index (χ1v) is 6.62. The van der Waals surface area contributed by atoms with E-state index < -0.39 is 17.5 Å². The second kappa shape index (κ2) is 4.66. The van der Waals surface area contributed by atoms with Crippen LogP contribution in [-0.2, 0) is 18.4 Å². The third kappa shape index (κ3) is 1.94. The van der Waals surface area contributed by atoms with Crippen LogP contribution >= 0.6 is 11.6 Å². The lowest BCUT2D eigenvalue weighted by Gasteiger charge is -2.17. The van der Waals surface area contributed by atoms with Crippen molar-refractivity contribution >= 4 is 29.0 Å². The average Bonchev–Trinajstić information content (AvgIpc) is 2.83. The van der Waals surface area contributed by atoms with Gasteiger partial charge in [-0.05, 0) is 19.1 Å². The smallest absolute Gasteiger partial charge is 0.296 e. The number of benzene rings is 1. The molecule has 0 atom stereocenters. The van der Waals surface area contributed by atoms with Crippen molar-refractivity contribution in [3.05, 3.63) is 46.0 Å². The first-order chi connectivity index (χ1) is 9.91. The van der Waals surface area contributed by atoms with Crippen molar-refractivity contribution in [2.75, 3.05) is 4.90 Å². The van der Waals surface area contributed by atoms with E-state index in [-0.39, 0.29) is 17.8 Å². The first kappa shape index (κ1) is 13.8. The number of rotatable bonds is 2. The lowest BCUT2D eigenvalue weighted by molar-refractivity contribution is -0.114. The second-order valence-corrected chi connectivity index (χ2v) is 5.20. The van der Waals surface area contributed by atoms with Gasteiger partial charge in [0.25, 0.3) is 11.7 Å². The molecule has 0 aliphatic carbocycles. The number of amides is 1. The molecule has 0 saturated carbocycles. The summed E-state index contributed by atoms with van der Waals surface area (Å²) in [5.74, 6) is -2.08. The number of ketones is 1. The van der Waals surface area contributed by atoms with E-state index in [0.717, 1.165) is 4.90 Å². The molecule has 3 rings (SSSR count). The van der Waals surface area contributed by atoms with Gasteiger partial charge in [0.1, 0.15) is 5.82 Å². The molecule has 0 radical (unpaired) electrons. The highest BCUT2D eigenvalue weighted by atomic mass is 35.5. The minimum absolute atomic E-state index is 0.00224. The zero-order chi connectivity index (χ0) is 15.3. The molecule has 2 heterocycles. The number of carbonyl (C=O) groups excluding carboxylic acids is 2. The molecule has 0 spiro atoms. The predicted molar refractivity (Wildman–Crippen MR) is 74.9 cm³/mol. The van der Waals surface area contributed by atoms with E-state index in [0.29, 0.717) is 16.4 Å². The summed E-state index contributed by atoms with van der Waals surface area (Å²) in [6, 6.07) is 4.06. The van der Waals surface area contributed by atoms with Gasteiger partial charge in [-0.2, -0.15) is 5.10 Å². The normalized spacial score (nSPS) is 14.0. The number of hydrogen-bond acceptors (Lipinski definition) is 3. The molecular weight excluding hydrogens is 297 g/mol. The van der Waals surface area contributed by atoms with E-state index in [9.17, 15) is 14.0 Å². The van der Waals surface area contributed by atoms with Crippen molar-refractivity contribution in [1.29, 1.82) is 0 Å². The largest absolute Gasteiger partial charge is 0.299 e. The lowest BCUT2D eigenvalue weighted by atomic mass is 10.1. The summed E-state index contributed by atoms with van der Waals surface area (Å²) in [5, 5.41) is 4.55. The van der Waals surface area contributed by atoms with E-state index in [1.807, 2.05) is 0 Å². The molecule has 2 aromatic rings. The minimum atomic E-state index is -0.759. The number of aromatic nitrogens is 2. The van der Waals surface area contributed by atoms with Crippen molar-refractivity contribution < 1.29 is 14.0 Å². The highest BCUT2D eigenvalue weighted by Crippen LogP contribution is 2.34. The summed E-state index contributed by atoms with van der Waals surface area (Å²) in [7, 11) is 1.68. The van der Waals surface area contributed by atoms with Crippen LogP contribution < -0.4 is 4.90 Å². The molecule has 108 valence electrons. The van der Waals surface area contributed by atoms with Gasteiger partial charge in [0.2, 0.25) is 0 Å². The maximum absolute atomic E-state index is 14.0. The van der Waals surface area contributed by atoms with E-state index in [2.05, 4.69) is 5.10 Å². The number of Topliss-reactive ketones (excluding diaryl/α,β-unsaturated/α-hetero) is 1. The van der Waals surface area contributed by atoms with Crippen molar-refractivity contribution in [3.8, 4) is 0 Å². The number of anilines is 1. The van der Waals surface area contributed by atoms with E-state index >= 15 is 0 Å². The Balaban J connectivity index is 2.08. The highest BCUT2D eigenvalue weighted by molar-refractivity contribution is 6.52. The monoisotopic (exact) mass is 307 g/mol. The summed E-state index contributed by atoms with van der Waals surface area (Å²) in [6.45, 7) is 1.73. The molecule has 0 unspecified atom stereocenters. The maximum atomic E-state index is 14.0. The van der Waals surface area contributed by atoms with Gasteiger partial charge in [0.05, 0.1) is 34.2 Å². The Labute approximate surface area is 124 Å². The number of para-hydroxylation sites is 1. The number of aryl methyl sites for hydroxylation is 2. The zero-order valence-corrected chi connectivity index (χ0v) is 12.1. The quantitative estimate of drug-likeness (QED) is 0.800. The molecule has 0 bridgehead atoms. The number of hydrogen-bond donors (Lipinski definition) is 0. The van der Waals surface area contributed by atoms with Gasteiger partial charge in [-0.3, -0.25) is 19.2 Å². The Morgan fingerprint density at radius 3 is 2.67 bits per heavy atom. The van der Waals surface area contributed by atoms with Gasteiger partial charge < -0.3 is 0 Å².